The van der Waals surface area contributed by atoms with Gasteiger partial charge in [-0.2, -0.15) is 0 Å². The summed E-state index contributed by atoms with van der Waals surface area (Å²) in [5.41, 5.74) is 1.83. The maximum Gasteiger partial charge on any atom is 0.220 e. The fourth-order valence-corrected chi connectivity index (χ4v) is 3.78. The molecule has 7 heteroatoms. The van der Waals surface area contributed by atoms with E-state index in [1.165, 1.54) is 0 Å². The molecule has 25 heavy (non-hydrogen) atoms. The third-order valence-corrected chi connectivity index (χ3v) is 5.12. The van der Waals surface area contributed by atoms with Gasteiger partial charge in [-0.3, -0.25) is 24.5 Å². The minimum atomic E-state index is 0.0577. The van der Waals surface area contributed by atoms with E-state index in [1.54, 1.807) is 20.0 Å². The van der Waals surface area contributed by atoms with Crippen molar-refractivity contribution in [3.8, 4) is 0 Å². The molecule has 136 valence electrons. The second-order valence-corrected chi connectivity index (χ2v) is 6.94. The Balaban J connectivity index is 1.66. The van der Waals surface area contributed by atoms with Gasteiger partial charge in [0.1, 0.15) is 0 Å². The lowest BCUT2D eigenvalue weighted by molar-refractivity contribution is -0.130. The van der Waals surface area contributed by atoms with E-state index in [9.17, 15) is 9.59 Å². The van der Waals surface area contributed by atoms with Crippen molar-refractivity contribution in [1.82, 2.24) is 24.7 Å². The van der Waals surface area contributed by atoms with Crippen LogP contribution in [0.4, 0.5) is 0 Å². The number of amides is 2. The number of hydrogen-bond acceptors (Lipinski definition) is 5. The van der Waals surface area contributed by atoms with Gasteiger partial charge in [-0.05, 0) is 19.3 Å². The van der Waals surface area contributed by atoms with Gasteiger partial charge in [-0.15, -0.1) is 0 Å². The molecule has 0 spiro atoms. The molecule has 0 aliphatic carbocycles. The quantitative estimate of drug-likeness (QED) is 0.824. The Bertz CT molecular complexity index is 636. The highest BCUT2D eigenvalue weighted by Gasteiger charge is 2.29. The second-order valence-electron chi connectivity index (χ2n) is 6.94. The molecular weight excluding hydrogens is 318 g/mol. The third-order valence-electron chi connectivity index (χ3n) is 5.12. The van der Waals surface area contributed by atoms with Gasteiger partial charge in [0.2, 0.25) is 11.8 Å². The van der Waals surface area contributed by atoms with Gasteiger partial charge in [-0.1, -0.05) is 0 Å². The molecule has 2 aliphatic rings. The van der Waals surface area contributed by atoms with Crippen LogP contribution in [0.3, 0.4) is 0 Å². The van der Waals surface area contributed by atoms with E-state index in [-0.39, 0.29) is 17.9 Å². The maximum atomic E-state index is 11.8. The third kappa shape index (κ3) is 4.34. The predicted molar refractivity (Wildman–Crippen MR) is 93.5 cm³/mol. The summed E-state index contributed by atoms with van der Waals surface area (Å²) >= 11 is 0. The first-order valence-corrected chi connectivity index (χ1v) is 9.10. The summed E-state index contributed by atoms with van der Waals surface area (Å²) in [7, 11) is 0. The SMILES string of the molecule is CC(=O)N1CCCN(Cc2cncc([C@@H]3CCCN3C(C)=O)n2)CC1. The lowest BCUT2D eigenvalue weighted by Gasteiger charge is -2.24. The molecular formula is C18H27N5O2. The van der Waals surface area contributed by atoms with Crippen LogP contribution in [-0.4, -0.2) is 69.2 Å². The first-order valence-electron chi connectivity index (χ1n) is 9.10. The molecule has 0 saturated carbocycles. The van der Waals surface area contributed by atoms with E-state index in [0.717, 1.165) is 69.9 Å². The highest BCUT2D eigenvalue weighted by Crippen LogP contribution is 2.30. The van der Waals surface area contributed by atoms with E-state index < -0.39 is 0 Å². The molecule has 3 heterocycles. The zero-order chi connectivity index (χ0) is 17.8. The number of likely N-dealkylation sites (tertiary alicyclic amines) is 1. The Hall–Kier alpha value is -2.02. The normalized spacial score (nSPS) is 22.1. The molecule has 2 saturated heterocycles. The molecule has 0 unspecified atom stereocenters. The van der Waals surface area contributed by atoms with Gasteiger partial charge < -0.3 is 9.80 Å². The highest BCUT2D eigenvalue weighted by atomic mass is 16.2. The summed E-state index contributed by atoms with van der Waals surface area (Å²) in [6.07, 6.45) is 6.55. The molecule has 2 aliphatic heterocycles. The van der Waals surface area contributed by atoms with Crippen molar-refractivity contribution < 1.29 is 9.59 Å². The molecule has 1 aromatic rings. The zero-order valence-electron chi connectivity index (χ0n) is 15.1. The summed E-state index contributed by atoms with van der Waals surface area (Å²) < 4.78 is 0. The van der Waals surface area contributed by atoms with Crippen LogP contribution in [0, 0.1) is 0 Å². The number of hydrogen-bond donors (Lipinski definition) is 0. The van der Waals surface area contributed by atoms with Crippen LogP contribution >= 0.6 is 0 Å². The summed E-state index contributed by atoms with van der Waals surface area (Å²) in [6.45, 7) is 8.20. The van der Waals surface area contributed by atoms with Crippen molar-refractivity contribution in [1.29, 1.82) is 0 Å². The van der Waals surface area contributed by atoms with Gasteiger partial charge in [0, 0.05) is 59.3 Å². The van der Waals surface area contributed by atoms with E-state index in [4.69, 9.17) is 4.98 Å². The van der Waals surface area contributed by atoms with Crippen molar-refractivity contribution >= 4 is 11.8 Å². The van der Waals surface area contributed by atoms with Crippen LogP contribution in [0.2, 0.25) is 0 Å². The van der Waals surface area contributed by atoms with Gasteiger partial charge in [0.25, 0.3) is 0 Å². The van der Waals surface area contributed by atoms with Gasteiger partial charge in [0.05, 0.1) is 23.6 Å². The average molecular weight is 345 g/mol. The first-order chi connectivity index (χ1) is 12.0. The molecule has 3 rings (SSSR count). The minimum Gasteiger partial charge on any atom is -0.342 e. The van der Waals surface area contributed by atoms with Crippen LogP contribution in [0.1, 0.15) is 50.5 Å². The van der Waals surface area contributed by atoms with Crippen molar-refractivity contribution in [2.75, 3.05) is 32.7 Å². The lowest BCUT2D eigenvalue weighted by Crippen LogP contribution is -2.33. The molecule has 0 N–H and O–H groups in total. The lowest BCUT2D eigenvalue weighted by atomic mass is 10.1. The van der Waals surface area contributed by atoms with Gasteiger partial charge >= 0.3 is 0 Å². The van der Waals surface area contributed by atoms with Crippen molar-refractivity contribution in [2.24, 2.45) is 0 Å². The topological polar surface area (TPSA) is 69.6 Å². The van der Waals surface area contributed by atoms with Crippen LogP contribution < -0.4 is 0 Å². The smallest absolute Gasteiger partial charge is 0.220 e. The Kier molecular flexibility index (Phi) is 5.63. The van der Waals surface area contributed by atoms with Crippen LogP contribution in [0.15, 0.2) is 12.4 Å². The standard InChI is InChI=1S/C18H27N5O2/c1-14(24)22-7-4-6-21(9-10-22)13-16-11-19-12-17(20-16)18-5-3-8-23(18)15(2)25/h11-12,18H,3-10,13H2,1-2H3/t18-/m0/s1. The van der Waals surface area contributed by atoms with Crippen molar-refractivity contribution in [3.05, 3.63) is 23.8 Å². The van der Waals surface area contributed by atoms with Crippen LogP contribution in [-0.2, 0) is 16.1 Å². The number of carbonyl (C=O) groups is 2. The molecule has 7 nitrogen and oxygen atoms in total. The predicted octanol–water partition coefficient (Wildman–Crippen LogP) is 1.21. The molecule has 1 atom stereocenters. The van der Waals surface area contributed by atoms with E-state index in [1.807, 2.05) is 16.0 Å². The highest BCUT2D eigenvalue weighted by molar-refractivity contribution is 5.74. The van der Waals surface area contributed by atoms with Gasteiger partial charge in [-0.25, -0.2) is 0 Å². The Morgan fingerprint density at radius 3 is 2.64 bits per heavy atom. The van der Waals surface area contributed by atoms with Crippen molar-refractivity contribution in [2.45, 2.75) is 45.7 Å². The molecule has 0 aromatic carbocycles. The monoisotopic (exact) mass is 345 g/mol. The Labute approximate surface area is 149 Å². The van der Waals surface area contributed by atoms with Gasteiger partial charge in [0.15, 0.2) is 0 Å². The molecule has 0 radical (unpaired) electrons. The van der Waals surface area contributed by atoms with E-state index in [0.29, 0.717) is 0 Å². The average Bonchev–Trinajstić information content (AvgIpc) is 2.96. The van der Waals surface area contributed by atoms with E-state index in [2.05, 4.69) is 9.88 Å². The Morgan fingerprint density at radius 1 is 1.04 bits per heavy atom. The summed E-state index contributed by atoms with van der Waals surface area (Å²) in [4.78, 5) is 38.6. The fourth-order valence-electron chi connectivity index (χ4n) is 3.78. The maximum absolute atomic E-state index is 11.8. The van der Waals surface area contributed by atoms with Crippen molar-refractivity contribution in [3.63, 3.8) is 0 Å². The first kappa shape index (κ1) is 17.8. The number of rotatable bonds is 3. The number of aromatic nitrogens is 2. The summed E-state index contributed by atoms with van der Waals surface area (Å²) in [6, 6.07) is 0.0577. The van der Waals surface area contributed by atoms with E-state index >= 15 is 0 Å². The molecule has 0 bridgehead atoms. The fraction of sp³-hybridized carbons (Fsp3) is 0.667. The zero-order valence-corrected chi connectivity index (χ0v) is 15.1. The Morgan fingerprint density at radius 2 is 1.88 bits per heavy atom. The van der Waals surface area contributed by atoms with Crippen LogP contribution in [0.5, 0.6) is 0 Å². The largest absolute Gasteiger partial charge is 0.342 e. The number of carbonyl (C=O) groups excluding carboxylic acids is 2. The number of nitrogens with zero attached hydrogens (tertiary/aromatic N) is 5. The van der Waals surface area contributed by atoms with Crippen LogP contribution in [0.25, 0.3) is 0 Å². The molecule has 2 amide bonds. The minimum absolute atomic E-state index is 0.0577. The molecule has 2 fully saturated rings. The second kappa shape index (κ2) is 7.91. The summed E-state index contributed by atoms with van der Waals surface area (Å²) in [5, 5.41) is 0. The molecule has 1 aromatic heterocycles. The summed E-state index contributed by atoms with van der Waals surface area (Å²) in [5.74, 6) is 0.251.